The zero-order valence-corrected chi connectivity index (χ0v) is 12.0. The molecule has 0 aliphatic carbocycles. The first-order valence-electron chi connectivity index (χ1n) is 7.79. The van der Waals surface area contributed by atoms with Gasteiger partial charge in [0, 0.05) is 32.1 Å². The van der Waals surface area contributed by atoms with Crippen LogP contribution < -0.4 is 5.32 Å². The van der Waals surface area contributed by atoms with Crippen LogP contribution in [0, 0.1) is 0 Å². The van der Waals surface area contributed by atoms with E-state index >= 15 is 0 Å². The van der Waals surface area contributed by atoms with Crippen LogP contribution in [0.15, 0.2) is 24.4 Å². The molecular weight excluding hydrogens is 252 g/mol. The van der Waals surface area contributed by atoms with Gasteiger partial charge in [0.1, 0.15) is 0 Å². The quantitative estimate of drug-likeness (QED) is 0.918. The summed E-state index contributed by atoms with van der Waals surface area (Å²) in [6, 6.07) is 6.00. The Balaban J connectivity index is 1.45. The predicted octanol–water partition coefficient (Wildman–Crippen LogP) is 2.64. The molecule has 0 bridgehead atoms. The molecule has 20 heavy (non-hydrogen) atoms. The van der Waals surface area contributed by atoms with Crippen molar-refractivity contribution >= 4 is 0 Å². The predicted molar refractivity (Wildman–Crippen MR) is 77.2 cm³/mol. The highest BCUT2D eigenvalue weighted by Crippen LogP contribution is 2.36. The first-order valence-corrected chi connectivity index (χ1v) is 7.79. The fraction of sp³-hybridized carbons (Fsp3) is 0.688. The monoisotopic (exact) mass is 276 g/mol. The van der Waals surface area contributed by atoms with Gasteiger partial charge in [0.2, 0.25) is 0 Å². The highest BCUT2D eigenvalue weighted by Gasteiger charge is 2.39. The molecule has 1 N–H and O–H groups in total. The zero-order chi connectivity index (χ0) is 13.7. The van der Waals surface area contributed by atoms with Gasteiger partial charge in [-0.05, 0) is 37.8 Å². The Hall–Kier alpha value is -0.970. The molecule has 1 aromatic rings. The minimum Gasteiger partial charge on any atom is -0.350 e. The van der Waals surface area contributed by atoms with E-state index in [4.69, 9.17) is 9.47 Å². The van der Waals surface area contributed by atoms with Crippen molar-refractivity contribution in [3.05, 3.63) is 30.1 Å². The maximum atomic E-state index is 6.25. The molecule has 110 valence electrons. The van der Waals surface area contributed by atoms with Crippen LogP contribution in [-0.4, -0.2) is 30.0 Å². The Morgan fingerprint density at radius 1 is 1.25 bits per heavy atom. The number of hydrogen-bond donors (Lipinski definition) is 1. The van der Waals surface area contributed by atoms with Gasteiger partial charge in [-0.15, -0.1) is 0 Å². The van der Waals surface area contributed by atoms with E-state index < -0.39 is 0 Å². The Kier molecular flexibility index (Phi) is 4.65. The van der Waals surface area contributed by atoms with Crippen molar-refractivity contribution in [2.24, 2.45) is 0 Å². The van der Waals surface area contributed by atoms with Gasteiger partial charge in [0.15, 0.2) is 5.79 Å². The Morgan fingerprint density at radius 2 is 2.20 bits per heavy atom. The summed E-state index contributed by atoms with van der Waals surface area (Å²) < 4.78 is 12.2. The fourth-order valence-corrected chi connectivity index (χ4v) is 3.15. The largest absolute Gasteiger partial charge is 0.350 e. The van der Waals surface area contributed by atoms with Gasteiger partial charge >= 0.3 is 0 Å². The molecule has 0 amide bonds. The molecular formula is C16H24N2O2. The third kappa shape index (κ3) is 3.57. The molecule has 0 aromatic carbocycles. The topological polar surface area (TPSA) is 43.4 Å². The first-order chi connectivity index (χ1) is 9.86. The van der Waals surface area contributed by atoms with Gasteiger partial charge in [-0.2, -0.15) is 0 Å². The van der Waals surface area contributed by atoms with Crippen LogP contribution in [0.1, 0.15) is 44.2 Å². The molecule has 0 unspecified atom stereocenters. The first kappa shape index (κ1) is 14.0. The van der Waals surface area contributed by atoms with Gasteiger partial charge < -0.3 is 14.8 Å². The molecule has 2 fully saturated rings. The van der Waals surface area contributed by atoms with Crippen LogP contribution in [0.4, 0.5) is 0 Å². The van der Waals surface area contributed by atoms with Crippen molar-refractivity contribution in [1.82, 2.24) is 10.3 Å². The summed E-state index contributed by atoms with van der Waals surface area (Å²) in [5.74, 6) is -0.270. The SMILES string of the molecule is c1ccc(CNC[C@@H]2CCC[C@]3(CCCCO3)O2)nc1. The average Bonchev–Trinajstić information content (AvgIpc) is 2.49. The van der Waals surface area contributed by atoms with E-state index in [2.05, 4.69) is 10.3 Å². The molecule has 2 saturated heterocycles. The lowest BCUT2D eigenvalue weighted by Gasteiger charge is -2.43. The van der Waals surface area contributed by atoms with Gasteiger partial charge in [0.05, 0.1) is 18.4 Å². The van der Waals surface area contributed by atoms with Crippen LogP contribution in [0.5, 0.6) is 0 Å². The Morgan fingerprint density at radius 3 is 3.00 bits per heavy atom. The van der Waals surface area contributed by atoms with Crippen molar-refractivity contribution < 1.29 is 9.47 Å². The normalized spacial score (nSPS) is 30.5. The number of pyridine rings is 1. The number of nitrogens with one attached hydrogen (secondary N) is 1. The van der Waals surface area contributed by atoms with Crippen molar-refractivity contribution in [3.8, 4) is 0 Å². The summed E-state index contributed by atoms with van der Waals surface area (Å²) in [7, 11) is 0. The molecule has 2 aliphatic rings. The maximum absolute atomic E-state index is 6.25. The second-order valence-electron chi connectivity index (χ2n) is 5.80. The minimum absolute atomic E-state index is 0.269. The third-order valence-corrected chi connectivity index (χ3v) is 4.19. The standard InChI is InChI=1S/C16H24N2O2/c1-3-10-18-14(6-1)12-17-13-15-7-5-9-16(20-15)8-2-4-11-19-16/h1,3,6,10,15,17H,2,4-5,7-9,11-13H2/t15-,16-/m0/s1. The van der Waals surface area contributed by atoms with Crippen LogP contribution in [-0.2, 0) is 16.0 Å². The highest BCUT2D eigenvalue weighted by atomic mass is 16.7. The molecule has 0 radical (unpaired) electrons. The lowest BCUT2D eigenvalue weighted by molar-refractivity contribution is -0.293. The zero-order valence-electron chi connectivity index (χ0n) is 12.0. The van der Waals surface area contributed by atoms with E-state index in [-0.39, 0.29) is 11.9 Å². The molecule has 3 heterocycles. The van der Waals surface area contributed by atoms with E-state index in [1.165, 1.54) is 19.3 Å². The molecule has 2 aliphatic heterocycles. The third-order valence-electron chi connectivity index (χ3n) is 4.19. The Labute approximate surface area is 120 Å². The molecule has 0 saturated carbocycles. The Bertz CT molecular complexity index is 399. The summed E-state index contributed by atoms with van der Waals surface area (Å²) in [6.07, 6.45) is 8.95. The van der Waals surface area contributed by atoms with E-state index in [0.717, 1.165) is 44.7 Å². The molecule has 4 nitrogen and oxygen atoms in total. The minimum atomic E-state index is -0.270. The number of ether oxygens (including phenoxy) is 2. The van der Waals surface area contributed by atoms with Gasteiger partial charge in [-0.25, -0.2) is 0 Å². The van der Waals surface area contributed by atoms with E-state index in [9.17, 15) is 0 Å². The van der Waals surface area contributed by atoms with Crippen LogP contribution >= 0.6 is 0 Å². The number of rotatable bonds is 4. The van der Waals surface area contributed by atoms with E-state index in [1.807, 2.05) is 24.4 Å². The van der Waals surface area contributed by atoms with Crippen LogP contribution in [0.25, 0.3) is 0 Å². The van der Waals surface area contributed by atoms with Crippen molar-refractivity contribution in [1.29, 1.82) is 0 Å². The lowest BCUT2D eigenvalue weighted by atomic mass is 9.95. The second kappa shape index (κ2) is 6.66. The van der Waals surface area contributed by atoms with E-state index in [1.54, 1.807) is 0 Å². The maximum Gasteiger partial charge on any atom is 0.168 e. The molecule has 1 spiro atoms. The highest BCUT2D eigenvalue weighted by molar-refractivity contribution is 5.02. The van der Waals surface area contributed by atoms with Crippen molar-refractivity contribution in [2.75, 3.05) is 13.2 Å². The molecule has 1 aromatic heterocycles. The lowest BCUT2D eigenvalue weighted by Crippen LogP contribution is -2.47. The number of nitrogens with zero attached hydrogens (tertiary/aromatic N) is 1. The molecule has 4 heteroatoms. The molecule has 3 rings (SSSR count). The van der Waals surface area contributed by atoms with Crippen molar-refractivity contribution in [3.63, 3.8) is 0 Å². The number of aromatic nitrogens is 1. The second-order valence-corrected chi connectivity index (χ2v) is 5.80. The van der Waals surface area contributed by atoms with Crippen LogP contribution in [0.3, 0.4) is 0 Å². The smallest absolute Gasteiger partial charge is 0.168 e. The average molecular weight is 276 g/mol. The summed E-state index contributed by atoms with van der Waals surface area (Å²) in [6.45, 7) is 2.53. The summed E-state index contributed by atoms with van der Waals surface area (Å²) in [5, 5.41) is 3.45. The van der Waals surface area contributed by atoms with E-state index in [0.29, 0.717) is 0 Å². The molecule has 2 atom stereocenters. The van der Waals surface area contributed by atoms with Crippen molar-refractivity contribution in [2.45, 2.75) is 57.0 Å². The van der Waals surface area contributed by atoms with Crippen LogP contribution in [0.2, 0.25) is 0 Å². The fourth-order valence-electron chi connectivity index (χ4n) is 3.15. The van der Waals surface area contributed by atoms with Gasteiger partial charge in [-0.1, -0.05) is 6.07 Å². The summed E-state index contributed by atoms with van der Waals surface area (Å²) >= 11 is 0. The van der Waals surface area contributed by atoms with Gasteiger partial charge in [0.25, 0.3) is 0 Å². The number of hydrogen-bond acceptors (Lipinski definition) is 4. The van der Waals surface area contributed by atoms with Gasteiger partial charge in [-0.3, -0.25) is 4.98 Å². The summed E-state index contributed by atoms with van der Waals surface area (Å²) in [4.78, 5) is 4.32. The summed E-state index contributed by atoms with van der Waals surface area (Å²) in [5.41, 5.74) is 1.08.